The van der Waals surface area contributed by atoms with Crippen LogP contribution in [0.2, 0.25) is 0 Å². The molecule has 1 amide bonds. The molecule has 6 heteroatoms. The molecular weight excluding hydrogens is 328 g/mol. The van der Waals surface area contributed by atoms with Crippen LogP contribution in [0.1, 0.15) is 35.5 Å². The maximum absolute atomic E-state index is 12.8. The summed E-state index contributed by atoms with van der Waals surface area (Å²) >= 11 is 0. The highest BCUT2D eigenvalue weighted by Crippen LogP contribution is 2.23. The molecular formula is C20H20N4O2. The van der Waals surface area contributed by atoms with Gasteiger partial charge in [-0.2, -0.15) is 0 Å². The van der Waals surface area contributed by atoms with Crippen molar-refractivity contribution in [3.63, 3.8) is 0 Å². The molecule has 0 atom stereocenters. The van der Waals surface area contributed by atoms with Crippen molar-refractivity contribution in [2.75, 3.05) is 6.54 Å². The molecule has 0 bridgehead atoms. The second kappa shape index (κ2) is 6.71. The minimum Gasteiger partial charge on any atom is -0.475 e. The molecule has 26 heavy (non-hydrogen) atoms. The van der Waals surface area contributed by atoms with Gasteiger partial charge in [0.15, 0.2) is 5.65 Å². The highest BCUT2D eigenvalue weighted by atomic mass is 16.5. The van der Waals surface area contributed by atoms with Gasteiger partial charge < -0.3 is 9.64 Å². The molecule has 0 aliphatic carbocycles. The number of hydrogen-bond donors (Lipinski definition) is 0. The van der Waals surface area contributed by atoms with E-state index in [1.807, 2.05) is 30.9 Å². The number of amides is 1. The van der Waals surface area contributed by atoms with Gasteiger partial charge in [-0.3, -0.25) is 4.79 Å². The third kappa shape index (κ3) is 3.22. The highest BCUT2D eigenvalue weighted by Gasteiger charge is 2.23. The van der Waals surface area contributed by atoms with Gasteiger partial charge in [0.05, 0.1) is 11.7 Å². The van der Waals surface area contributed by atoms with Gasteiger partial charge in [0, 0.05) is 49.1 Å². The fraction of sp³-hybridized carbons (Fsp3) is 0.300. The van der Waals surface area contributed by atoms with Crippen LogP contribution in [0, 0.1) is 0 Å². The third-order valence-corrected chi connectivity index (χ3v) is 4.36. The Kier molecular flexibility index (Phi) is 4.24. The molecule has 4 heterocycles. The van der Waals surface area contributed by atoms with Gasteiger partial charge in [0.1, 0.15) is 0 Å². The number of carbonyl (C=O) groups is 1. The molecule has 132 valence electrons. The van der Waals surface area contributed by atoms with E-state index in [-0.39, 0.29) is 12.0 Å². The van der Waals surface area contributed by atoms with Crippen LogP contribution in [-0.4, -0.2) is 38.4 Å². The zero-order chi connectivity index (χ0) is 18.1. The first-order valence-corrected chi connectivity index (χ1v) is 8.75. The van der Waals surface area contributed by atoms with E-state index < -0.39 is 0 Å². The lowest BCUT2D eigenvalue weighted by molar-refractivity contribution is 0.0733. The van der Waals surface area contributed by atoms with E-state index in [4.69, 9.17) is 4.74 Å². The molecule has 0 spiro atoms. The summed E-state index contributed by atoms with van der Waals surface area (Å²) in [4.78, 5) is 27.8. The van der Waals surface area contributed by atoms with E-state index in [0.29, 0.717) is 24.5 Å². The summed E-state index contributed by atoms with van der Waals surface area (Å²) in [6.45, 7) is 5.08. The maximum Gasteiger partial charge on any atom is 0.255 e. The first-order chi connectivity index (χ1) is 12.6. The fourth-order valence-corrected chi connectivity index (χ4v) is 3.14. The zero-order valence-electron chi connectivity index (χ0n) is 14.8. The zero-order valence-corrected chi connectivity index (χ0v) is 14.8. The summed E-state index contributed by atoms with van der Waals surface area (Å²) in [5, 5.41) is 0.998. The lowest BCUT2D eigenvalue weighted by atomic mass is 10.0. The summed E-state index contributed by atoms with van der Waals surface area (Å²) in [6.07, 6.45) is 4.12. The molecule has 0 aromatic carbocycles. The van der Waals surface area contributed by atoms with Crippen LogP contribution >= 0.6 is 0 Å². The molecule has 1 aliphatic heterocycles. The molecule has 4 rings (SSSR count). The summed E-state index contributed by atoms with van der Waals surface area (Å²) in [5.74, 6) is 0.509. The van der Waals surface area contributed by atoms with Crippen molar-refractivity contribution in [3.8, 4) is 5.88 Å². The molecule has 0 saturated carbocycles. The number of fused-ring (bicyclic) bond motifs is 2. The number of carbonyl (C=O) groups excluding carboxylic acids is 1. The van der Waals surface area contributed by atoms with Crippen molar-refractivity contribution in [2.24, 2.45) is 0 Å². The smallest absolute Gasteiger partial charge is 0.255 e. The minimum atomic E-state index is -0.0227. The van der Waals surface area contributed by atoms with Crippen molar-refractivity contribution < 1.29 is 9.53 Å². The average molecular weight is 348 g/mol. The van der Waals surface area contributed by atoms with E-state index in [2.05, 4.69) is 21.0 Å². The highest BCUT2D eigenvalue weighted by molar-refractivity contribution is 5.94. The second-order valence-electron chi connectivity index (χ2n) is 6.67. The Balaban J connectivity index is 1.54. The van der Waals surface area contributed by atoms with Crippen LogP contribution in [0.15, 0.2) is 42.7 Å². The Morgan fingerprint density at radius 2 is 2.12 bits per heavy atom. The summed E-state index contributed by atoms with van der Waals surface area (Å²) in [5.41, 5.74) is 3.44. The molecule has 0 N–H and O–H groups in total. The number of nitrogens with zero attached hydrogens (tertiary/aromatic N) is 4. The van der Waals surface area contributed by atoms with Gasteiger partial charge in [-0.05, 0) is 43.7 Å². The van der Waals surface area contributed by atoms with E-state index >= 15 is 0 Å². The molecule has 0 unspecified atom stereocenters. The van der Waals surface area contributed by atoms with E-state index in [0.717, 1.165) is 28.7 Å². The van der Waals surface area contributed by atoms with Crippen molar-refractivity contribution in [1.29, 1.82) is 0 Å². The average Bonchev–Trinajstić information content (AvgIpc) is 2.65. The predicted molar refractivity (Wildman–Crippen MR) is 98.0 cm³/mol. The second-order valence-corrected chi connectivity index (χ2v) is 6.67. The van der Waals surface area contributed by atoms with E-state index in [9.17, 15) is 4.79 Å². The van der Waals surface area contributed by atoms with Crippen molar-refractivity contribution in [1.82, 2.24) is 19.9 Å². The number of ether oxygens (including phenoxy) is 1. The van der Waals surface area contributed by atoms with Gasteiger partial charge in [-0.15, -0.1) is 0 Å². The molecule has 6 nitrogen and oxygen atoms in total. The predicted octanol–water partition coefficient (Wildman–Crippen LogP) is 3.01. The Bertz CT molecular complexity index is 954. The van der Waals surface area contributed by atoms with Crippen molar-refractivity contribution in [3.05, 3.63) is 59.5 Å². The van der Waals surface area contributed by atoms with Crippen LogP contribution in [0.5, 0.6) is 5.88 Å². The normalized spacial score (nSPS) is 13.7. The minimum absolute atomic E-state index is 0.0227. The number of pyridine rings is 3. The molecule has 0 saturated heterocycles. The quantitative estimate of drug-likeness (QED) is 0.728. The Morgan fingerprint density at radius 3 is 2.88 bits per heavy atom. The van der Waals surface area contributed by atoms with Gasteiger partial charge in [0.25, 0.3) is 5.91 Å². The first kappa shape index (κ1) is 16.4. The lowest BCUT2D eigenvalue weighted by Crippen LogP contribution is -2.36. The first-order valence-electron chi connectivity index (χ1n) is 8.75. The molecule has 3 aromatic rings. The van der Waals surface area contributed by atoms with Crippen molar-refractivity contribution >= 4 is 16.9 Å². The van der Waals surface area contributed by atoms with Crippen LogP contribution < -0.4 is 4.74 Å². The van der Waals surface area contributed by atoms with Gasteiger partial charge in [-0.1, -0.05) is 0 Å². The number of rotatable bonds is 3. The summed E-state index contributed by atoms with van der Waals surface area (Å²) in [7, 11) is 0. The maximum atomic E-state index is 12.8. The van der Waals surface area contributed by atoms with E-state index in [1.54, 1.807) is 24.5 Å². The molecule has 1 aliphatic rings. The van der Waals surface area contributed by atoms with Crippen LogP contribution in [0.25, 0.3) is 11.0 Å². The van der Waals surface area contributed by atoms with Crippen LogP contribution in [0.3, 0.4) is 0 Å². The topological polar surface area (TPSA) is 68.2 Å². The SMILES string of the molecule is CC(C)Oc1ccc(C(=O)N2CCc3nc4ncccc4cc3C2)cn1. The number of hydrogen-bond acceptors (Lipinski definition) is 5. The van der Waals surface area contributed by atoms with E-state index in [1.165, 1.54) is 0 Å². The van der Waals surface area contributed by atoms with Crippen LogP contribution in [0.4, 0.5) is 0 Å². The summed E-state index contributed by atoms with van der Waals surface area (Å²) in [6, 6.07) is 9.49. The molecule has 0 radical (unpaired) electrons. The summed E-state index contributed by atoms with van der Waals surface area (Å²) < 4.78 is 5.53. The number of aromatic nitrogens is 3. The van der Waals surface area contributed by atoms with Gasteiger partial charge in [0.2, 0.25) is 5.88 Å². The standard InChI is InChI=1S/C20H20N4O2/c1-13(2)26-18-6-5-15(11-22-18)20(25)24-9-7-17-16(12-24)10-14-4-3-8-21-19(14)23-17/h3-6,8,10-11,13H,7,9,12H2,1-2H3. The molecule has 0 fully saturated rings. The monoisotopic (exact) mass is 348 g/mol. The third-order valence-electron chi connectivity index (χ3n) is 4.36. The van der Waals surface area contributed by atoms with Crippen LogP contribution in [-0.2, 0) is 13.0 Å². The Morgan fingerprint density at radius 1 is 1.23 bits per heavy atom. The van der Waals surface area contributed by atoms with Gasteiger partial charge >= 0.3 is 0 Å². The van der Waals surface area contributed by atoms with Crippen molar-refractivity contribution in [2.45, 2.75) is 32.9 Å². The Hall–Kier alpha value is -3.02. The fourth-order valence-electron chi connectivity index (χ4n) is 3.14. The lowest BCUT2D eigenvalue weighted by Gasteiger charge is -2.28. The molecule has 3 aromatic heterocycles. The largest absolute Gasteiger partial charge is 0.475 e. The van der Waals surface area contributed by atoms with Gasteiger partial charge in [-0.25, -0.2) is 15.0 Å². The Labute approximate surface area is 151 Å².